The molecule has 3 aromatic carbocycles. The van der Waals surface area contributed by atoms with Crippen LogP contribution in [0.4, 0.5) is 16.2 Å². The molecular formula is C30H33N5O4S. The van der Waals surface area contributed by atoms with E-state index in [-0.39, 0.29) is 10.9 Å². The van der Waals surface area contributed by atoms with Crippen molar-refractivity contribution in [3.05, 3.63) is 120 Å². The number of urea groups is 1. The van der Waals surface area contributed by atoms with E-state index in [9.17, 15) is 18.3 Å². The number of carbonyl (C=O) groups is 1. The third kappa shape index (κ3) is 8.91. The van der Waals surface area contributed by atoms with E-state index in [0.717, 1.165) is 23.1 Å². The maximum Gasteiger partial charge on any atom is 0.319 e. The van der Waals surface area contributed by atoms with Crippen molar-refractivity contribution in [3.63, 3.8) is 0 Å². The highest BCUT2D eigenvalue weighted by Crippen LogP contribution is 2.19. The summed E-state index contributed by atoms with van der Waals surface area (Å²) in [5, 5.41) is 18.9. The quantitative estimate of drug-likeness (QED) is 0.157. The molecule has 0 spiro atoms. The summed E-state index contributed by atoms with van der Waals surface area (Å²) >= 11 is 0. The first-order valence-electron chi connectivity index (χ1n) is 13.0. The number of pyridine rings is 1. The summed E-state index contributed by atoms with van der Waals surface area (Å²) in [5.41, 5.74) is 3.86. The first-order chi connectivity index (χ1) is 19.4. The normalized spacial score (nSPS) is 11.9. The number of carbonyl (C=O) groups excluding carboxylic acids is 1. The van der Waals surface area contributed by atoms with E-state index < -0.39 is 16.1 Å². The van der Waals surface area contributed by atoms with Gasteiger partial charge in [0.15, 0.2) is 0 Å². The van der Waals surface area contributed by atoms with E-state index in [4.69, 9.17) is 0 Å². The van der Waals surface area contributed by atoms with Crippen molar-refractivity contribution >= 4 is 27.4 Å². The molecule has 0 fully saturated rings. The molecule has 208 valence electrons. The molecule has 4 rings (SSSR count). The van der Waals surface area contributed by atoms with Crippen molar-refractivity contribution in [2.24, 2.45) is 0 Å². The number of nitrogens with one attached hydrogen (secondary N) is 4. The molecule has 0 saturated carbocycles. The number of anilines is 2. The van der Waals surface area contributed by atoms with Crippen LogP contribution in [0.2, 0.25) is 0 Å². The lowest BCUT2D eigenvalue weighted by Gasteiger charge is -2.12. The molecule has 10 heteroatoms. The molecule has 0 radical (unpaired) electrons. The second kappa shape index (κ2) is 14.2. The van der Waals surface area contributed by atoms with Crippen LogP contribution in [0.15, 0.2) is 108 Å². The number of hydrogen-bond acceptors (Lipinski definition) is 6. The van der Waals surface area contributed by atoms with Crippen molar-refractivity contribution < 1.29 is 18.3 Å². The summed E-state index contributed by atoms with van der Waals surface area (Å²) in [7, 11) is -3.80. The highest BCUT2D eigenvalue weighted by molar-refractivity contribution is 7.92. The van der Waals surface area contributed by atoms with Crippen molar-refractivity contribution in [1.82, 2.24) is 15.6 Å². The number of benzene rings is 3. The molecule has 0 saturated heterocycles. The molecular weight excluding hydrogens is 526 g/mol. The number of rotatable bonds is 13. The zero-order valence-electron chi connectivity index (χ0n) is 22.0. The van der Waals surface area contributed by atoms with Gasteiger partial charge < -0.3 is 21.1 Å². The monoisotopic (exact) mass is 559 g/mol. The van der Waals surface area contributed by atoms with Crippen molar-refractivity contribution in [2.45, 2.75) is 23.8 Å². The lowest BCUT2D eigenvalue weighted by molar-refractivity contribution is 0.174. The van der Waals surface area contributed by atoms with Crippen LogP contribution in [0.1, 0.15) is 22.8 Å². The van der Waals surface area contributed by atoms with E-state index in [1.807, 2.05) is 48.5 Å². The number of aliphatic hydroxyl groups excluding tert-OH is 1. The number of amides is 2. The van der Waals surface area contributed by atoms with Crippen molar-refractivity contribution in [1.29, 1.82) is 0 Å². The van der Waals surface area contributed by atoms with Gasteiger partial charge in [-0.2, -0.15) is 0 Å². The topological polar surface area (TPSA) is 132 Å². The maximum atomic E-state index is 12.8. The fourth-order valence-corrected chi connectivity index (χ4v) is 5.03. The Bertz CT molecular complexity index is 1450. The standard InChI is InChI=1S/C30H33N5O4S/c36-29(25-7-4-18-31-21-25)22-32-19-16-24-8-10-27(11-9-24)35-40(38,39)28-14-12-26(13-15-28)34-30(37)33-20-17-23-5-2-1-3-6-23/h1-15,18,21,29,32,35-36H,16-17,19-20,22H2,(H2,33,34,37). The molecule has 40 heavy (non-hydrogen) atoms. The second-order valence-corrected chi connectivity index (χ2v) is 10.9. The number of aromatic nitrogens is 1. The molecule has 5 N–H and O–H groups in total. The van der Waals surface area contributed by atoms with E-state index in [1.165, 1.54) is 12.1 Å². The van der Waals surface area contributed by atoms with Crippen LogP contribution in [0, 0.1) is 0 Å². The second-order valence-electron chi connectivity index (χ2n) is 9.20. The molecule has 0 aliphatic rings. The Hall–Kier alpha value is -4.25. The van der Waals surface area contributed by atoms with Crippen LogP contribution in [0.25, 0.3) is 0 Å². The number of aliphatic hydroxyl groups is 1. The Morgan fingerprint density at radius 1 is 0.800 bits per heavy atom. The van der Waals surface area contributed by atoms with E-state index >= 15 is 0 Å². The Morgan fingerprint density at radius 3 is 2.17 bits per heavy atom. The van der Waals surface area contributed by atoms with Gasteiger partial charge in [0.1, 0.15) is 0 Å². The fraction of sp³-hybridized carbons (Fsp3) is 0.200. The number of nitrogens with zero attached hydrogens (tertiary/aromatic N) is 1. The van der Waals surface area contributed by atoms with Crippen LogP contribution in [-0.2, 0) is 22.9 Å². The lowest BCUT2D eigenvalue weighted by atomic mass is 10.1. The average molecular weight is 560 g/mol. The van der Waals surface area contributed by atoms with Gasteiger partial charge in [0.05, 0.1) is 11.0 Å². The predicted molar refractivity (Wildman–Crippen MR) is 157 cm³/mol. The first-order valence-corrected chi connectivity index (χ1v) is 14.5. The highest BCUT2D eigenvalue weighted by atomic mass is 32.2. The molecule has 1 heterocycles. The van der Waals surface area contributed by atoms with Gasteiger partial charge in [-0.25, -0.2) is 13.2 Å². The minimum atomic E-state index is -3.80. The van der Waals surface area contributed by atoms with Gasteiger partial charge >= 0.3 is 6.03 Å². The smallest absolute Gasteiger partial charge is 0.319 e. The van der Waals surface area contributed by atoms with Crippen LogP contribution in [-0.4, -0.2) is 44.2 Å². The minimum Gasteiger partial charge on any atom is -0.387 e. The molecule has 9 nitrogen and oxygen atoms in total. The summed E-state index contributed by atoms with van der Waals surface area (Å²) in [6, 6.07) is 26.3. The fourth-order valence-electron chi connectivity index (χ4n) is 3.97. The molecule has 2 amide bonds. The third-order valence-corrected chi connectivity index (χ3v) is 7.57. The van der Waals surface area contributed by atoms with Crippen molar-refractivity contribution in [3.8, 4) is 0 Å². The molecule has 1 aromatic heterocycles. The highest BCUT2D eigenvalue weighted by Gasteiger charge is 2.14. The Balaban J connectivity index is 1.20. The molecule has 0 aliphatic carbocycles. The zero-order chi connectivity index (χ0) is 28.2. The lowest BCUT2D eigenvalue weighted by Crippen LogP contribution is -2.30. The van der Waals surface area contributed by atoms with Crippen molar-refractivity contribution in [2.75, 3.05) is 29.7 Å². The van der Waals surface area contributed by atoms with Gasteiger partial charge in [-0.15, -0.1) is 0 Å². The van der Waals surface area contributed by atoms with Crippen LogP contribution >= 0.6 is 0 Å². The van der Waals surface area contributed by atoms with E-state index in [1.54, 1.807) is 42.7 Å². The molecule has 4 aromatic rings. The first kappa shape index (κ1) is 28.8. The Labute approximate surface area is 234 Å². The molecule has 0 aliphatic heterocycles. The largest absolute Gasteiger partial charge is 0.387 e. The summed E-state index contributed by atoms with van der Waals surface area (Å²) in [6.45, 7) is 1.56. The van der Waals surface area contributed by atoms with E-state index in [2.05, 4.69) is 25.7 Å². The molecule has 1 atom stereocenters. The number of sulfonamides is 1. The molecule has 0 bridgehead atoms. The maximum absolute atomic E-state index is 12.8. The predicted octanol–water partition coefficient (Wildman–Crippen LogP) is 4.11. The summed E-state index contributed by atoms with van der Waals surface area (Å²) in [6.07, 6.45) is 4.12. The van der Waals surface area contributed by atoms with Gasteiger partial charge in [0.25, 0.3) is 10.0 Å². The number of hydrogen-bond donors (Lipinski definition) is 5. The van der Waals surface area contributed by atoms with Gasteiger partial charge in [0.2, 0.25) is 0 Å². The summed E-state index contributed by atoms with van der Waals surface area (Å²) in [4.78, 5) is 16.3. The van der Waals surface area contributed by atoms with Crippen LogP contribution in [0.5, 0.6) is 0 Å². The third-order valence-electron chi connectivity index (χ3n) is 6.17. The van der Waals surface area contributed by atoms with Gasteiger partial charge in [0, 0.05) is 42.4 Å². The average Bonchev–Trinajstić information content (AvgIpc) is 2.97. The summed E-state index contributed by atoms with van der Waals surface area (Å²) in [5.74, 6) is 0. The SMILES string of the molecule is O=C(NCCc1ccccc1)Nc1ccc(S(=O)(=O)Nc2ccc(CCNCC(O)c3cccnc3)cc2)cc1. The van der Waals surface area contributed by atoms with Gasteiger partial charge in [-0.3, -0.25) is 9.71 Å². The van der Waals surface area contributed by atoms with Gasteiger partial charge in [-0.05, 0) is 73.0 Å². The van der Waals surface area contributed by atoms with E-state index in [0.29, 0.717) is 37.4 Å². The zero-order valence-corrected chi connectivity index (χ0v) is 22.8. The van der Waals surface area contributed by atoms with Crippen LogP contribution < -0.4 is 20.7 Å². The Morgan fingerprint density at radius 2 is 1.48 bits per heavy atom. The van der Waals surface area contributed by atoms with Crippen LogP contribution in [0.3, 0.4) is 0 Å². The molecule has 1 unspecified atom stereocenters. The van der Waals surface area contributed by atoms with Gasteiger partial charge in [-0.1, -0.05) is 48.5 Å². The summed E-state index contributed by atoms with van der Waals surface area (Å²) < 4.78 is 28.3. The minimum absolute atomic E-state index is 0.0861. The Kier molecular flexibility index (Phi) is 10.2.